The molecule has 0 bridgehead atoms. The summed E-state index contributed by atoms with van der Waals surface area (Å²) in [6.45, 7) is 0. The molecular formula is C88H52N12. The van der Waals surface area contributed by atoms with Crippen LogP contribution in [0.3, 0.4) is 0 Å². The Morgan fingerprint density at radius 1 is 0.170 bits per heavy atom. The molecule has 0 N–H and O–H groups in total. The van der Waals surface area contributed by atoms with Gasteiger partial charge in [0.05, 0.1) is 60.7 Å². The lowest BCUT2D eigenvalue weighted by Gasteiger charge is -2.11. The molecule has 24 aromatic rings. The summed E-state index contributed by atoms with van der Waals surface area (Å²) in [6, 6.07) is 101. The number of hydrogen-bond donors (Lipinski definition) is 0. The zero-order valence-electron chi connectivity index (χ0n) is 53.4. The maximum Gasteiger partial charge on any atom is 0.165 e. The largest absolute Gasteiger partial charge is 0.292 e. The van der Waals surface area contributed by atoms with E-state index in [9.17, 15) is 0 Å². The van der Waals surface area contributed by atoms with E-state index >= 15 is 0 Å². The normalized spacial score (nSPS) is 12.0. The maximum absolute atomic E-state index is 4.96. The Balaban J connectivity index is 0.0000000873. The fourth-order valence-corrected chi connectivity index (χ4v) is 15.8. The van der Waals surface area contributed by atoms with Gasteiger partial charge >= 0.3 is 0 Å². The standard InChI is InChI=1S/C23H14N2.2C22H13N3.C21H12N4/c1-2-8-16-15(7-1)13-14-18-22(16)17-9-3-5-11-20(17)25-21-12-6-4-10-19(21)24-23(18)25;1-2-7-15-14(6-1)11-12-17-20(15)16-8-5-13-23-21(16)25-19-10-4-3-9-18(19)24-22(17)25;1-2-7-15-14(6-1)11-12-16-20(15)21-19(10-5-13-23-21)25-18-9-4-3-8-17(18)24-22(16)25;1-2-6-14-13(5-1)9-10-15-18(14)19-21(23-12-11-22-19)25-17-8-4-3-7-16(17)24-20(15)25/h1-14H;2*1-13H;1-12H. The fraction of sp³-hybridized carbons (Fsp3) is 0. The molecule has 0 saturated heterocycles. The Labute approximate surface area is 567 Å². The minimum absolute atomic E-state index is 0.843. The molecule has 100 heavy (non-hydrogen) atoms. The third-order valence-electron chi connectivity index (χ3n) is 20.0. The monoisotopic (exact) mass is 1280 g/mol. The predicted octanol–water partition coefficient (Wildman–Crippen LogP) is 21.4. The van der Waals surface area contributed by atoms with E-state index in [1.54, 1.807) is 12.4 Å². The van der Waals surface area contributed by atoms with Gasteiger partial charge in [-0.2, -0.15) is 0 Å². The molecule has 0 aliphatic rings. The minimum atomic E-state index is 0.843. The van der Waals surface area contributed by atoms with Crippen molar-refractivity contribution in [3.63, 3.8) is 0 Å². The molecule has 11 aromatic heterocycles. The van der Waals surface area contributed by atoms with Gasteiger partial charge in [0.2, 0.25) is 0 Å². The van der Waals surface area contributed by atoms with Gasteiger partial charge in [-0.3, -0.25) is 27.6 Å². The molecule has 12 nitrogen and oxygen atoms in total. The lowest BCUT2D eigenvalue weighted by Crippen LogP contribution is -1.96. The molecule has 11 heterocycles. The molecule has 0 atom stereocenters. The predicted molar refractivity (Wildman–Crippen MR) is 412 cm³/mol. The van der Waals surface area contributed by atoms with Crippen LogP contribution in [0.2, 0.25) is 0 Å². The van der Waals surface area contributed by atoms with Crippen LogP contribution in [-0.2, 0) is 0 Å². The molecule has 464 valence electrons. The molecule has 0 spiro atoms. The Morgan fingerprint density at radius 3 is 0.980 bits per heavy atom. The van der Waals surface area contributed by atoms with E-state index in [0.717, 1.165) is 121 Å². The summed E-state index contributed by atoms with van der Waals surface area (Å²) in [5.41, 5.74) is 18.4. The lowest BCUT2D eigenvalue weighted by molar-refractivity contribution is 1.19. The summed E-state index contributed by atoms with van der Waals surface area (Å²) < 4.78 is 8.83. The number of nitrogens with zero attached hydrogens (tertiary/aromatic N) is 12. The van der Waals surface area contributed by atoms with Crippen LogP contribution in [0.1, 0.15) is 0 Å². The summed E-state index contributed by atoms with van der Waals surface area (Å²) in [7, 11) is 0. The van der Waals surface area contributed by atoms with Crippen LogP contribution >= 0.6 is 0 Å². The van der Waals surface area contributed by atoms with Crippen LogP contribution in [0.4, 0.5) is 0 Å². The van der Waals surface area contributed by atoms with Crippen LogP contribution in [0, 0.1) is 0 Å². The van der Waals surface area contributed by atoms with Crippen molar-refractivity contribution in [2.75, 3.05) is 0 Å². The van der Waals surface area contributed by atoms with Crippen molar-refractivity contribution >= 4 is 197 Å². The van der Waals surface area contributed by atoms with E-state index in [1.807, 2.05) is 54.9 Å². The molecule has 12 heteroatoms. The number of benzene rings is 13. The molecule has 0 unspecified atom stereocenters. The maximum atomic E-state index is 4.96. The molecule has 0 saturated carbocycles. The first-order valence-corrected chi connectivity index (χ1v) is 33.5. The molecule has 0 radical (unpaired) electrons. The topological polar surface area (TPSA) is 121 Å². The van der Waals surface area contributed by atoms with E-state index in [2.05, 4.69) is 276 Å². The van der Waals surface area contributed by atoms with E-state index < -0.39 is 0 Å². The number of aromatic nitrogens is 12. The first-order valence-electron chi connectivity index (χ1n) is 33.5. The zero-order chi connectivity index (χ0) is 65.5. The van der Waals surface area contributed by atoms with Gasteiger partial charge in [0.1, 0.15) is 33.8 Å². The van der Waals surface area contributed by atoms with Crippen LogP contribution in [-0.4, -0.2) is 57.5 Å². The number of rotatable bonds is 0. The van der Waals surface area contributed by atoms with Gasteiger partial charge in [0.25, 0.3) is 0 Å². The summed E-state index contributed by atoms with van der Waals surface area (Å²) in [5.74, 6) is 0. The van der Waals surface area contributed by atoms with Gasteiger partial charge in [-0.05, 0) is 146 Å². The smallest absolute Gasteiger partial charge is 0.165 e. The summed E-state index contributed by atoms with van der Waals surface area (Å²) in [4.78, 5) is 38.5. The molecule has 0 aliphatic carbocycles. The van der Waals surface area contributed by atoms with Crippen LogP contribution < -0.4 is 0 Å². The summed E-state index contributed by atoms with van der Waals surface area (Å²) in [6.07, 6.45) is 7.23. The van der Waals surface area contributed by atoms with Gasteiger partial charge in [0.15, 0.2) is 5.65 Å². The average Bonchev–Trinajstić information content (AvgIpc) is 1.51. The number of imidazole rings is 4. The van der Waals surface area contributed by atoms with E-state index in [0.29, 0.717) is 0 Å². The first-order chi connectivity index (χ1) is 49.7. The molecule has 0 amide bonds. The third-order valence-corrected chi connectivity index (χ3v) is 20.0. The SMILES string of the molecule is c1ccc2c(c1)ccc1c2c2ccccc2n2c3ccccc3nc12.c1ccc2c(c1)ccc1c2c2cccnc2n2c3ccccc3nc12.c1ccc2c(c1)ccc1c2c2ncccc2n2c3ccccc3nc12.c1ccc2c(c1)ccc1c2c2nccnc2n2c3ccccc3nc12. The Bertz CT molecular complexity index is 6680. The third kappa shape index (κ3) is 8.22. The number of para-hydroxylation sites is 9. The van der Waals surface area contributed by atoms with Crippen molar-refractivity contribution < 1.29 is 0 Å². The van der Waals surface area contributed by atoms with E-state index in [-0.39, 0.29) is 0 Å². The Kier molecular flexibility index (Phi) is 12.1. The average molecular weight is 1280 g/mol. The highest BCUT2D eigenvalue weighted by Crippen LogP contribution is 2.41. The van der Waals surface area contributed by atoms with Crippen LogP contribution in [0.15, 0.2) is 316 Å². The second-order valence-electron chi connectivity index (χ2n) is 25.4. The first kappa shape index (κ1) is 55.4. The second kappa shape index (κ2) is 21.8. The van der Waals surface area contributed by atoms with Crippen molar-refractivity contribution in [2.24, 2.45) is 0 Å². The van der Waals surface area contributed by atoms with E-state index in [4.69, 9.17) is 29.9 Å². The molecular weight excluding hydrogens is 1230 g/mol. The highest BCUT2D eigenvalue weighted by Gasteiger charge is 2.21. The van der Waals surface area contributed by atoms with Crippen LogP contribution in [0.5, 0.6) is 0 Å². The highest BCUT2D eigenvalue weighted by molar-refractivity contribution is 6.27. The van der Waals surface area contributed by atoms with Crippen molar-refractivity contribution in [3.05, 3.63) is 316 Å². The number of pyridine rings is 6. The molecule has 13 aromatic carbocycles. The van der Waals surface area contributed by atoms with Crippen molar-refractivity contribution in [3.8, 4) is 0 Å². The number of hydrogen-bond acceptors (Lipinski definition) is 8. The van der Waals surface area contributed by atoms with E-state index in [1.165, 1.54) is 75.5 Å². The van der Waals surface area contributed by atoms with Gasteiger partial charge in [0, 0.05) is 78.6 Å². The van der Waals surface area contributed by atoms with Crippen molar-refractivity contribution in [1.82, 2.24) is 57.5 Å². The Hall–Kier alpha value is -13.8. The molecule has 0 fully saturated rings. The van der Waals surface area contributed by atoms with Gasteiger partial charge in [-0.25, -0.2) is 29.9 Å². The minimum Gasteiger partial charge on any atom is -0.292 e. The summed E-state index contributed by atoms with van der Waals surface area (Å²) in [5, 5.41) is 21.7. The van der Waals surface area contributed by atoms with Gasteiger partial charge in [-0.1, -0.05) is 188 Å². The van der Waals surface area contributed by atoms with Gasteiger partial charge in [-0.15, -0.1) is 0 Å². The number of fused-ring (bicyclic) bond motifs is 40. The highest BCUT2D eigenvalue weighted by atomic mass is 15.1. The second-order valence-corrected chi connectivity index (χ2v) is 25.4. The molecule has 24 rings (SSSR count). The van der Waals surface area contributed by atoms with Gasteiger partial charge < -0.3 is 0 Å². The molecule has 0 aliphatic heterocycles. The lowest BCUT2D eigenvalue weighted by atomic mass is 9.99. The quantitative estimate of drug-likeness (QED) is 0.138. The Morgan fingerprint density at radius 2 is 0.470 bits per heavy atom. The van der Waals surface area contributed by atoms with Crippen molar-refractivity contribution in [2.45, 2.75) is 0 Å². The summed E-state index contributed by atoms with van der Waals surface area (Å²) >= 11 is 0. The van der Waals surface area contributed by atoms with Crippen LogP contribution in [0.25, 0.3) is 197 Å². The van der Waals surface area contributed by atoms with Crippen molar-refractivity contribution in [1.29, 1.82) is 0 Å². The fourth-order valence-electron chi connectivity index (χ4n) is 15.8. The zero-order valence-corrected chi connectivity index (χ0v) is 53.4.